The number of carbonyl (C=O) groups excluding carboxylic acids is 1. The molecule has 3 aromatic rings. The Hall–Kier alpha value is -3.01. The van der Waals surface area contributed by atoms with Crippen molar-refractivity contribution in [3.05, 3.63) is 59.4 Å². The predicted octanol–water partition coefficient (Wildman–Crippen LogP) is 3.36. The van der Waals surface area contributed by atoms with E-state index in [2.05, 4.69) is 20.0 Å². The van der Waals surface area contributed by atoms with Crippen LogP contribution in [0.1, 0.15) is 41.1 Å². The Morgan fingerprint density at radius 3 is 2.61 bits per heavy atom. The van der Waals surface area contributed by atoms with Crippen molar-refractivity contribution in [2.75, 3.05) is 11.0 Å². The van der Waals surface area contributed by atoms with E-state index in [1.54, 1.807) is 31.2 Å². The number of rotatable bonds is 6. The minimum atomic E-state index is -3.41. The van der Waals surface area contributed by atoms with Gasteiger partial charge in [-0.1, -0.05) is 12.1 Å². The summed E-state index contributed by atoms with van der Waals surface area (Å²) in [5.41, 5.74) is 2.06. The second-order valence-corrected chi connectivity index (χ2v) is 8.10. The molecular formula is C18H18F2N4O3S. The van der Waals surface area contributed by atoms with Gasteiger partial charge in [-0.05, 0) is 42.8 Å². The molecule has 1 amide bonds. The molecule has 3 rings (SSSR count). The van der Waals surface area contributed by atoms with Crippen LogP contribution < -0.4 is 10.0 Å². The molecule has 7 nitrogen and oxygen atoms in total. The van der Waals surface area contributed by atoms with E-state index < -0.39 is 34.2 Å². The lowest BCUT2D eigenvalue weighted by Gasteiger charge is -2.16. The number of sulfonamides is 1. The Kier molecular flexibility index (Phi) is 5.32. The van der Waals surface area contributed by atoms with E-state index in [1.807, 2.05) is 0 Å². The van der Waals surface area contributed by atoms with Crippen molar-refractivity contribution in [1.82, 2.24) is 15.3 Å². The number of amides is 1. The number of nitrogens with one attached hydrogen (secondary N) is 3. The molecule has 1 atom stereocenters. The van der Waals surface area contributed by atoms with Crippen molar-refractivity contribution in [1.29, 1.82) is 0 Å². The molecule has 148 valence electrons. The topological polar surface area (TPSA) is 104 Å². The quantitative estimate of drug-likeness (QED) is 0.582. The number of H-pyrrole nitrogens is 1. The van der Waals surface area contributed by atoms with Crippen molar-refractivity contribution in [3.63, 3.8) is 0 Å². The number of hydrogen-bond donors (Lipinski definition) is 3. The number of aromatic nitrogens is 2. The highest BCUT2D eigenvalue weighted by Gasteiger charge is 2.16. The van der Waals surface area contributed by atoms with E-state index in [1.165, 1.54) is 18.2 Å². The van der Waals surface area contributed by atoms with E-state index in [-0.39, 0.29) is 5.56 Å². The van der Waals surface area contributed by atoms with E-state index in [0.29, 0.717) is 22.3 Å². The predicted molar refractivity (Wildman–Crippen MR) is 102 cm³/mol. The summed E-state index contributed by atoms with van der Waals surface area (Å²) in [6, 6.07) is 10.7. The molecule has 10 heteroatoms. The first-order valence-corrected chi connectivity index (χ1v) is 10.2. The van der Waals surface area contributed by atoms with Gasteiger partial charge in [-0.15, -0.1) is 0 Å². The van der Waals surface area contributed by atoms with Crippen LogP contribution in [-0.2, 0) is 10.0 Å². The van der Waals surface area contributed by atoms with Crippen LogP contribution in [0.5, 0.6) is 0 Å². The lowest BCUT2D eigenvalue weighted by molar-refractivity contribution is 0.0940. The number of aromatic amines is 1. The van der Waals surface area contributed by atoms with Crippen LogP contribution in [0.15, 0.2) is 42.5 Å². The number of anilines is 1. The number of imidazole rings is 1. The van der Waals surface area contributed by atoms with E-state index in [0.717, 1.165) is 6.26 Å². The van der Waals surface area contributed by atoms with Crippen LogP contribution in [0.2, 0.25) is 0 Å². The minimum absolute atomic E-state index is 0.286. The summed E-state index contributed by atoms with van der Waals surface area (Å²) >= 11 is 0. The van der Waals surface area contributed by atoms with Gasteiger partial charge in [0.25, 0.3) is 12.3 Å². The second kappa shape index (κ2) is 7.55. The third kappa shape index (κ3) is 4.63. The first-order valence-electron chi connectivity index (χ1n) is 8.29. The van der Waals surface area contributed by atoms with Crippen LogP contribution in [0, 0.1) is 0 Å². The summed E-state index contributed by atoms with van der Waals surface area (Å²) < 4.78 is 50.6. The van der Waals surface area contributed by atoms with E-state index in [9.17, 15) is 22.0 Å². The fourth-order valence-electron chi connectivity index (χ4n) is 2.72. The Morgan fingerprint density at radius 2 is 1.93 bits per heavy atom. The number of carbonyl (C=O) groups is 1. The SMILES string of the molecule is CC(NC(=O)c1ccc2nc(C(F)F)[nH]c2c1)c1cccc(NS(C)(=O)=O)c1. The summed E-state index contributed by atoms with van der Waals surface area (Å²) in [6.07, 6.45) is -1.67. The standard InChI is InChI=1S/C18H18F2N4O3S/c1-10(11-4-3-5-13(8-11)24-28(2,26)27)21-18(25)12-6-7-14-15(9-12)23-17(22-14)16(19)20/h3-10,16,24H,1-2H3,(H,21,25)(H,22,23). The van der Waals surface area contributed by atoms with Gasteiger partial charge in [0.15, 0.2) is 5.82 Å². The third-order valence-corrected chi connectivity index (χ3v) is 4.61. The number of alkyl halides is 2. The average Bonchev–Trinajstić information content (AvgIpc) is 3.04. The fourth-order valence-corrected chi connectivity index (χ4v) is 3.28. The van der Waals surface area contributed by atoms with Gasteiger partial charge in [-0.2, -0.15) is 0 Å². The number of nitrogens with zero attached hydrogens (tertiary/aromatic N) is 1. The molecule has 0 radical (unpaired) electrons. The van der Waals surface area contributed by atoms with Gasteiger partial charge >= 0.3 is 0 Å². The van der Waals surface area contributed by atoms with Crippen molar-refractivity contribution >= 4 is 32.7 Å². The van der Waals surface area contributed by atoms with Gasteiger partial charge in [0.2, 0.25) is 10.0 Å². The van der Waals surface area contributed by atoms with Crippen molar-refractivity contribution in [2.45, 2.75) is 19.4 Å². The Bertz CT molecular complexity index is 1130. The molecule has 1 heterocycles. The van der Waals surface area contributed by atoms with E-state index >= 15 is 0 Å². The maximum Gasteiger partial charge on any atom is 0.295 e. The van der Waals surface area contributed by atoms with Gasteiger partial charge in [0.1, 0.15) is 0 Å². The summed E-state index contributed by atoms with van der Waals surface area (Å²) in [5, 5.41) is 2.80. The Morgan fingerprint density at radius 1 is 1.18 bits per heavy atom. The Labute approximate surface area is 160 Å². The third-order valence-electron chi connectivity index (χ3n) is 4.01. The van der Waals surface area contributed by atoms with Gasteiger partial charge in [-0.25, -0.2) is 22.2 Å². The van der Waals surface area contributed by atoms with Crippen molar-refractivity contribution < 1.29 is 22.0 Å². The molecule has 0 saturated heterocycles. The molecule has 28 heavy (non-hydrogen) atoms. The molecule has 3 N–H and O–H groups in total. The molecule has 0 bridgehead atoms. The van der Waals surface area contributed by atoms with Gasteiger partial charge in [0, 0.05) is 11.3 Å². The lowest BCUT2D eigenvalue weighted by atomic mass is 10.1. The smallest absolute Gasteiger partial charge is 0.295 e. The molecule has 1 unspecified atom stereocenters. The molecule has 1 aromatic heterocycles. The van der Waals surface area contributed by atoms with Crippen molar-refractivity contribution in [3.8, 4) is 0 Å². The lowest BCUT2D eigenvalue weighted by Crippen LogP contribution is -2.26. The van der Waals surface area contributed by atoms with Crippen molar-refractivity contribution in [2.24, 2.45) is 0 Å². The first-order chi connectivity index (χ1) is 13.1. The molecule has 2 aromatic carbocycles. The molecule has 0 aliphatic rings. The number of halogens is 2. The maximum atomic E-state index is 12.7. The summed E-state index contributed by atoms with van der Waals surface area (Å²) in [7, 11) is -3.41. The van der Waals surface area contributed by atoms with Gasteiger partial charge < -0.3 is 10.3 Å². The second-order valence-electron chi connectivity index (χ2n) is 6.35. The average molecular weight is 408 g/mol. The van der Waals surface area contributed by atoms with Crippen LogP contribution in [0.3, 0.4) is 0 Å². The van der Waals surface area contributed by atoms with Crippen LogP contribution in [0.25, 0.3) is 11.0 Å². The zero-order valence-corrected chi connectivity index (χ0v) is 15.8. The highest BCUT2D eigenvalue weighted by molar-refractivity contribution is 7.92. The van der Waals surface area contributed by atoms with Crippen LogP contribution >= 0.6 is 0 Å². The number of fused-ring (bicyclic) bond motifs is 1. The Balaban J connectivity index is 1.77. The maximum absolute atomic E-state index is 12.7. The normalized spacial score (nSPS) is 12.9. The summed E-state index contributed by atoms with van der Waals surface area (Å²) in [6.45, 7) is 1.75. The molecule has 0 fully saturated rings. The number of hydrogen-bond acceptors (Lipinski definition) is 4. The highest BCUT2D eigenvalue weighted by atomic mass is 32.2. The van der Waals surface area contributed by atoms with Crippen LogP contribution in [-0.4, -0.2) is 30.5 Å². The highest BCUT2D eigenvalue weighted by Crippen LogP contribution is 2.22. The van der Waals surface area contributed by atoms with Gasteiger partial charge in [-0.3, -0.25) is 9.52 Å². The summed E-state index contributed by atoms with van der Waals surface area (Å²) in [4.78, 5) is 18.8. The minimum Gasteiger partial charge on any atom is -0.346 e. The van der Waals surface area contributed by atoms with Gasteiger partial charge in [0.05, 0.1) is 23.3 Å². The largest absolute Gasteiger partial charge is 0.346 e. The molecular weight excluding hydrogens is 390 g/mol. The van der Waals surface area contributed by atoms with Crippen LogP contribution in [0.4, 0.5) is 14.5 Å². The zero-order chi connectivity index (χ0) is 20.5. The monoisotopic (exact) mass is 408 g/mol. The molecule has 0 spiro atoms. The summed E-state index contributed by atoms with van der Waals surface area (Å²) in [5.74, 6) is -0.847. The molecule has 0 aliphatic heterocycles. The number of benzene rings is 2. The first kappa shape index (κ1) is 19.7. The van der Waals surface area contributed by atoms with E-state index in [4.69, 9.17) is 0 Å². The molecule has 0 saturated carbocycles. The molecule has 0 aliphatic carbocycles. The zero-order valence-electron chi connectivity index (χ0n) is 15.0. The fraction of sp³-hybridized carbons (Fsp3) is 0.222.